The molecule has 0 amide bonds. The van der Waals surface area contributed by atoms with Gasteiger partial charge in [-0.3, -0.25) is 9.88 Å². The Hall–Kier alpha value is -0.410. The molecule has 0 N–H and O–H groups in total. The highest BCUT2D eigenvalue weighted by molar-refractivity contribution is 9.10. The Morgan fingerprint density at radius 3 is 2.67 bits per heavy atom. The van der Waals surface area contributed by atoms with Crippen molar-refractivity contribution in [2.75, 3.05) is 13.1 Å². The van der Waals surface area contributed by atoms with Crippen LogP contribution in [0.2, 0.25) is 0 Å². The van der Waals surface area contributed by atoms with Gasteiger partial charge in [-0.05, 0) is 65.8 Å². The van der Waals surface area contributed by atoms with Crippen molar-refractivity contribution in [2.45, 2.75) is 25.3 Å². The molecule has 1 aromatic rings. The van der Waals surface area contributed by atoms with Gasteiger partial charge < -0.3 is 0 Å². The lowest BCUT2D eigenvalue weighted by atomic mass is 9.81. The van der Waals surface area contributed by atoms with Gasteiger partial charge in [0, 0.05) is 22.9 Å². The second kappa shape index (κ2) is 3.87. The summed E-state index contributed by atoms with van der Waals surface area (Å²) in [6.07, 6.45) is 8.02. The van der Waals surface area contributed by atoms with Crippen LogP contribution in [0, 0.1) is 5.92 Å². The topological polar surface area (TPSA) is 16.1 Å². The highest BCUT2D eigenvalue weighted by Gasteiger charge is 2.34. The Morgan fingerprint density at radius 1 is 1.27 bits per heavy atom. The number of nitrogens with zero attached hydrogens (tertiary/aromatic N) is 2. The lowest BCUT2D eigenvalue weighted by Gasteiger charge is -2.45. The Bertz CT molecular complexity index is 358. The molecule has 0 radical (unpaired) electrons. The highest BCUT2D eigenvalue weighted by Crippen LogP contribution is 2.40. The molecule has 0 spiro atoms. The smallest absolute Gasteiger partial charge is 0.0410 e. The van der Waals surface area contributed by atoms with E-state index in [4.69, 9.17) is 0 Å². The van der Waals surface area contributed by atoms with Crippen LogP contribution in [-0.2, 0) is 0 Å². The van der Waals surface area contributed by atoms with Crippen molar-refractivity contribution in [2.24, 2.45) is 5.92 Å². The van der Waals surface area contributed by atoms with Crippen LogP contribution >= 0.6 is 15.9 Å². The Kier molecular flexibility index (Phi) is 2.53. The Balaban J connectivity index is 1.88. The first-order valence-corrected chi connectivity index (χ1v) is 6.47. The second-order valence-corrected chi connectivity index (χ2v) is 5.58. The molecule has 2 nitrogen and oxygen atoms in total. The summed E-state index contributed by atoms with van der Waals surface area (Å²) in [5, 5.41) is 0. The van der Waals surface area contributed by atoms with E-state index in [1.165, 1.54) is 37.9 Å². The fraction of sp³-hybridized carbons (Fsp3) is 0.583. The molecule has 0 unspecified atom stereocenters. The molecule has 15 heavy (non-hydrogen) atoms. The van der Waals surface area contributed by atoms with Crippen LogP contribution in [0.3, 0.4) is 0 Å². The third-order valence-electron chi connectivity index (χ3n) is 3.76. The van der Waals surface area contributed by atoms with E-state index in [1.807, 2.05) is 12.4 Å². The van der Waals surface area contributed by atoms with Crippen molar-refractivity contribution >= 4 is 15.9 Å². The Morgan fingerprint density at radius 2 is 2.07 bits per heavy atom. The molecule has 2 bridgehead atoms. The minimum Gasteiger partial charge on any atom is -0.296 e. The van der Waals surface area contributed by atoms with E-state index in [9.17, 15) is 0 Å². The monoisotopic (exact) mass is 266 g/mol. The molecule has 3 heteroatoms. The van der Waals surface area contributed by atoms with Gasteiger partial charge in [0.05, 0.1) is 0 Å². The molecule has 3 fully saturated rings. The van der Waals surface area contributed by atoms with Crippen LogP contribution < -0.4 is 0 Å². The number of halogens is 1. The SMILES string of the molecule is Brc1cncc([C@@H]2CC3CCN2CC3)c1. The van der Waals surface area contributed by atoms with E-state index >= 15 is 0 Å². The summed E-state index contributed by atoms with van der Waals surface area (Å²) in [6.45, 7) is 2.56. The normalized spacial score (nSPS) is 34.3. The summed E-state index contributed by atoms with van der Waals surface area (Å²) >= 11 is 3.50. The fourth-order valence-corrected chi connectivity index (χ4v) is 3.31. The molecule has 1 atom stereocenters. The number of pyridine rings is 1. The number of hydrogen-bond donors (Lipinski definition) is 0. The van der Waals surface area contributed by atoms with Crippen LogP contribution in [-0.4, -0.2) is 23.0 Å². The number of piperidine rings is 3. The van der Waals surface area contributed by atoms with Gasteiger partial charge in [0.2, 0.25) is 0 Å². The lowest BCUT2D eigenvalue weighted by molar-refractivity contribution is 0.0488. The summed E-state index contributed by atoms with van der Waals surface area (Å²) in [5.41, 5.74) is 1.38. The van der Waals surface area contributed by atoms with Crippen molar-refractivity contribution in [3.63, 3.8) is 0 Å². The van der Waals surface area contributed by atoms with Gasteiger partial charge in [-0.15, -0.1) is 0 Å². The fourth-order valence-electron chi connectivity index (χ4n) is 2.92. The van der Waals surface area contributed by atoms with Crippen LogP contribution in [0.5, 0.6) is 0 Å². The summed E-state index contributed by atoms with van der Waals surface area (Å²) in [7, 11) is 0. The van der Waals surface area contributed by atoms with Crippen molar-refractivity contribution in [1.82, 2.24) is 9.88 Å². The largest absolute Gasteiger partial charge is 0.296 e. The van der Waals surface area contributed by atoms with E-state index < -0.39 is 0 Å². The molecule has 4 rings (SSSR count). The van der Waals surface area contributed by atoms with Gasteiger partial charge in [0.25, 0.3) is 0 Å². The molecular formula is C12H15BrN2. The maximum Gasteiger partial charge on any atom is 0.0410 e. The van der Waals surface area contributed by atoms with Crippen LogP contribution in [0.1, 0.15) is 30.9 Å². The average molecular weight is 267 g/mol. The average Bonchev–Trinajstić information content (AvgIpc) is 2.30. The minimum absolute atomic E-state index is 0.627. The molecule has 3 aliphatic rings. The van der Waals surface area contributed by atoms with Crippen molar-refractivity contribution < 1.29 is 0 Å². The van der Waals surface area contributed by atoms with E-state index in [2.05, 4.69) is 31.9 Å². The third kappa shape index (κ3) is 1.83. The zero-order valence-corrected chi connectivity index (χ0v) is 10.3. The molecular weight excluding hydrogens is 252 g/mol. The van der Waals surface area contributed by atoms with E-state index in [0.29, 0.717) is 6.04 Å². The first kappa shape index (κ1) is 9.79. The van der Waals surface area contributed by atoms with Crippen LogP contribution in [0.4, 0.5) is 0 Å². The second-order valence-electron chi connectivity index (χ2n) is 4.67. The van der Waals surface area contributed by atoms with Gasteiger partial charge in [0.15, 0.2) is 0 Å². The van der Waals surface area contributed by atoms with Gasteiger partial charge in [-0.1, -0.05) is 0 Å². The van der Waals surface area contributed by atoms with Crippen molar-refractivity contribution in [3.8, 4) is 0 Å². The standard InChI is InChI=1S/C12H15BrN2/c13-11-6-10(7-14-8-11)12-5-9-1-3-15(12)4-2-9/h6-9,12H,1-5H2/t12-/m0/s1. The lowest BCUT2D eigenvalue weighted by Crippen LogP contribution is -2.43. The van der Waals surface area contributed by atoms with Crippen molar-refractivity contribution in [3.05, 3.63) is 28.5 Å². The van der Waals surface area contributed by atoms with E-state index in [1.54, 1.807) is 0 Å². The Labute approximate surface area is 98.8 Å². The highest BCUT2D eigenvalue weighted by atomic mass is 79.9. The molecule has 1 aromatic heterocycles. The van der Waals surface area contributed by atoms with Gasteiger partial charge >= 0.3 is 0 Å². The molecule has 0 aliphatic carbocycles. The molecule has 3 saturated heterocycles. The molecule has 0 saturated carbocycles. The molecule has 0 aromatic carbocycles. The number of fused-ring (bicyclic) bond motifs is 3. The number of hydrogen-bond acceptors (Lipinski definition) is 2. The van der Waals surface area contributed by atoms with Gasteiger partial charge in [-0.25, -0.2) is 0 Å². The maximum atomic E-state index is 4.27. The summed E-state index contributed by atoms with van der Waals surface area (Å²) in [6, 6.07) is 2.85. The summed E-state index contributed by atoms with van der Waals surface area (Å²) in [4.78, 5) is 6.88. The van der Waals surface area contributed by atoms with Crippen LogP contribution in [0.25, 0.3) is 0 Å². The quantitative estimate of drug-likeness (QED) is 0.777. The van der Waals surface area contributed by atoms with Crippen LogP contribution in [0.15, 0.2) is 22.9 Å². The predicted molar refractivity (Wildman–Crippen MR) is 63.6 cm³/mol. The van der Waals surface area contributed by atoms with Gasteiger partial charge in [0.1, 0.15) is 0 Å². The zero-order chi connectivity index (χ0) is 10.3. The zero-order valence-electron chi connectivity index (χ0n) is 8.69. The summed E-state index contributed by atoms with van der Waals surface area (Å²) < 4.78 is 1.10. The number of aromatic nitrogens is 1. The molecule has 4 heterocycles. The molecule has 3 aliphatic heterocycles. The number of rotatable bonds is 1. The van der Waals surface area contributed by atoms with E-state index in [-0.39, 0.29) is 0 Å². The van der Waals surface area contributed by atoms with Crippen molar-refractivity contribution in [1.29, 1.82) is 0 Å². The predicted octanol–water partition coefficient (Wildman–Crippen LogP) is 3.00. The summed E-state index contributed by atoms with van der Waals surface area (Å²) in [5.74, 6) is 0.957. The van der Waals surface area contributed by atoms with E-state index in [0.717, 1.165) is 10.4 Å². The first-order valence-electron chi connectivity index (χ1n) is 5.67. The molecule has 80 valence electrons. The van der Waals surface area contributed by atoms with Gasteiger partial charge in [-0.2, -0.15) is 0 Å². The minimum atomic E-state index is 0.627. The first-order chi connectivity index (χ1) is 7.33. The maximum absolute atomic E-state index is 4.27. The third-order valence-corrected chi connectivity index (χ3v) is 4.19.